The van der Waals surface area contributed by atoms with Crippen LogP contribution in [0.1, 0.15) is 10.4 Å². The van der Waals surface area contributed by atoms with Crippen molar-refractivity contribution in [1.82, 2.24) is 10.9 Å². The molecule has 0 fully saturated rings. The molecule has 1 aliphatic rings. The van der Waals surface area contributed by atoms with E-state index in [4.69, 9.17) is 15.2 Å². The minimum Gasteiger partial charge on any atom is -0.454 e. The molecule has 0 saturated carbocycles. The van der Waals surface area contributed by atoms with Gasteiger partial charge in [0.1, 0.15) is 0 Å². The maximum absolute atomic E-state index is 11.5. The largest absolute Gasteiger partial charge is 0.454 e. The van der Waals surface area contributed by atoms with Gasteiger partial charge in [0.15, 0.2) is 11.5 Å². The maximum Gasteiger partial charge on any atom is 0.330 e. The highest BCUT2D eigenvalue weighted by atomic mass is 16.7. The van der Waals surface area contributed by atoms with Crippen molar-refractivity contribution < 1.29 is 19.1 Å². The minimum absolute atomic E-state index is 0.139. The van der Waals surface area contributed by atoms with Crippen LogP contribution in [0.25, 0.3) is 0 Å². The Bertz CT molecular complexity index is 446. The first kappa shape index (κ1) is 10.1. The number of rotatable bonds is 1. The number of nitrogens with one attached hydrogen (secondary N) is 2. The lowest BCUT2D eigenvalue weighted by molar-refractivity contribution is 0.0937. The number of carbonyl (C=O) groups is 2. The fourth-order valence-electron chi connectivity index (χ4n) is 1.23. The SMILES string of the molecule is NC(=O)NNC(=O)c1ccc2c(c1)OCO2. The van der Waals surface area contributed by atoms with Crippen LogP contribution in [0, 0.1) is 0 Å². The van der Waals surface area contributed by atoms with Gasteiger partial charge in [-0.05, 0) is 18.2 Å². The average molecular weight is 223 g/mol. The summed E-state index contributed by atoms with van der Waals surface area (Å²) in [6, 6.07) is 3.84. The topological polar surface area (TPSA) is 103 Å². The summed E-state index contributed by atoms with van der Waals surface area (Å²) in [6.07, 6.45) is 0. The lowest BCUT2D eigenvalue weighted by Crippen LogP contribution is -2.44. The maximum atomic E-state index is 11.5. The Hall–Kier alpha value is -2.44. The summed E-state index contributed by atoms with van der Waals surface area (Å²) in [5, 5.41) is 0. The van der Waals surface area contributed by atoms with Gasteiger partial charge in [0, 0.05) is 5.56 Å². The molecule has 0 spiro atoms. The number of benzene rings is 1. The van der Waals surface area contributed by atoms with Gasteiger partial charge in [0.2, 0.25) is 6.79 Å². The summed E-state index contributed by atoms with van der Waals surface area (Å²) in [6.45, 7) is 0.139. The molecule has 1 heterocycles. The summed E-state index contributed by atoms with van der Waals surface area (Å²) >= 11 is 0. The second kappa shape index (κ2) is 3.97. The van der Waals surface area contributed by atoms with E-state index in [1.165, 1.54) is 6.07 Å². The van der Waals surface area contributed by atoms with E-state index in [0.29, 0.717) is 17.1 Å². The van der Waals surface area contributed by atoms with E-state index < -0.39 is 11.9 Å². The summed E-state index contributed by atoms with van der Waals surface area (Å²) in [5.74, 6) is 0.586. The zero-order valence-electron chi connectivity index (χ0n) is 8.15. The summed E-state index contributed by atoms with van der Waals surface area (Å²) < 4.78 is 10.2. The number of hydrogen-bond acceptors (Lipinski definition) is 4. The van der Waals surface area contributed by atoms with Crippen molar-refractivity contribution in [2.75, 3.05) is 6.79 Å². The second-order valence-electron chi connectivity index (χ2n) is 3.01. The Labute approximate surface area is 90.5 Å². The number of amides is 3. The molecule has 16 heavy (non-hydrogen) atoms. The van der Waals surface area contributed by atoms with Crippen LogP contribution in [0.15, 0.2) is 18.2 Å². The Kier molecular flexibility index (Phi) is 2.50. The minimum atomic E-state index is -0.839. The van der Waals surface area contributed by atoms with Crippen molar-refractivity contribution in [3.8, 4) is 11.5 Å². The average Bonchev–Trinajstić information content (AvgIpc) is 2.72. The molecule has 0 unspecified atom stereocenters. The molecule has 1 aliphatic heterocycles. The molecule has 1 aromatic carbocycles. The molecule has 7 nitrogen and oxygen atoms in total. The van der Waals surface area contributed by atoms with E-state index in [0.717, 1.165) is 0 Å². The summed E-state index contributed by atoms with van der Waals surface area (Å²) in [7, 11) is 0. The molecule has 1 aromatic rings. The number of carbonyl (C=O) groups excluding carboxylic acids is 2. The molecule has 84 valence electrons. The zero-order valence-corrected chi connectivity index (χ0v) is 8.15. The van der Waals surface area contributed by atoms with Crippen molar-refractivity contribution in [2.24, 2.45) is 5.73 Å². The fourth-order valence-corrected chi connectivity index (χ4v) is 1.23. The Morgan fingerprint density at radius 3 is 2.69 bits per heavy atom. The highest BCUT2D eigenvalue weighted by Crippen LogP contribution is 2.32. The Morgan fingerprint density at radius 2 is 1.94 bits per heavy atom. The van der Waals surface area contributed by atoms with Crippen LogP contribution < -0.4 is 26.1 Å². The lowest BCUT2D eigenvalue weighted by Gasteiger charge is -2.05. The van der Waals surface area contributed by atoms with Crippen molar-refractivity contribution in [3.05, 3.63) is 23.8 Å². The smallest absolute Gasteiger partial charge is 0.330 e. The summed E-state index contributed by atoms with van der Waals surface area (Å²) in [4.78, 5) is 21.8. The molecule has 3 amide bonds. The quantitative estimate of drug-likeness (QED) is 0.570. The van der Waals surface area contributed by atoms with E-state index >= 15 is 0 Å². The number of fused-ring (bicyclic) bond motifs is 1. The third kappa shape index (κ3) is 1.97. The highest BCUT2D eigenvalue weighted by molar-refractivity contribution is 5.95. The number of nitrogens with two attached hydrogens (primary N) is 1. The molecular formula is C9H9N3O4. The van der Waals surface area contributed by atoms with Crippen LogP contribution in [-0.4, -0.2) is 18.7 Å². The van der Waals surface area contributed by atoms with Gasteiger partial charge in [-0.2, -0.15) is 0 Å². The molecule has 0 bridgehead atoms. The second-order valence-corrected chi connectivity index (χ2v) is 3.01. The van der Waals surface area contributed by atoms with Crippen LogP contribution in [-0.2, 0) is 0 Å². The van der Waals surface area contributed by atoms with Crippen molar-refractivity contribution in [3.63, 3.8) is 0 Å². The molecule has 0 aliphatic carbocycles. The number of urea groups is 1. The molecule has 0 radical (unpaired) electrons. The van der Waals surface area contributed by atoms with Crippen molar-refractivity contribution in [2.45, 2.75) is 0 Å². The van der Waals surface area contributed by atoms with Gasteiger partial charge in [0.05, 0.1) is 0 Å². The Balaban J connectivity index is 2.09. The third-order valence-corrected chi connectivity index (χ3v) is 1.93. The van der Waals surface area contributed by atoms with Gasteiger partial charge in [0.25, 0.3) is 5.91 Å². The zero-order chi connectivity index (χ0) is 11.5. The molecule has 7 heteroatoms. The number of primary amides is 1. The van der Waals surface area contributed by atoms with Gasteiger partial charge in [-0.3, -0.25) is 10.2 Å². The van der Waals surface area contributed by atoms with Crippen LogP contribution in [0.4, 0.5) is 4.79 Å². The number of hydrazine groups is 1. The predicted octanol–water partition coefficient (Wildman–Crippen LogP) is -0.272. The number of hydrogen-bond donors (Lipinski definition) is 3. The van der Waals surface area contributed by atoms with E-state index in [9.17, 15) is 9.59 Å². The van der Waals surface area contributed by atoms with Crippen LogP contribution >= 0.6 is 0 Å². The molecule has 2 rings (SSSR count). The van der Waals surface area contributed by atoms with Gasteiger partial charge in [-0.25, -0.2) is 10.2 Å². The Morgan fingerprint density at radius 1 is 1.19 bits per heavy atom. The molecule has 4 N–H and O–H groups in total. The van der Waals surface area contributed by atoms with Gasteiger partial charge in [-0.1, -0.05) is 0 Å². The molecule has 0 saturated heterocycles. The molecule has 0 atom stereocenters. The van der Waals surface area contributed by atoms with Crippen LogP contribution in [0.5, 0.6) is 11.5 Å². The van der Waals surface area contributed by atoms with Crippen LogP contribution in [0.3, 0.4) is 0 Å². The molecular weight excluding hydrogens is 214 g/mol. The molecule has 0 aromatic heterocycles. The van der Waals surface area contributed by atoms with Crippen LogP contribution in [0.2, 0.25) is 0 Å². The fraction of sp³-hybridized carbons (Fsp3) is 0.111. The third-order valence-electron chi connectivity index (χ3n) is 1.93. The van der Waals surface area contributed by atoms with E-state index in [2.05, 4.69) is 5.43 Å². The van der Waals surface area contributed by atoms with E-state index in [1.807, 2.05) is 5.43 Å². The first-order valence-corrected chi connectivity index (χ1v) is 4.42. The van der Waals surface area contributed by atoms with Gasteiger partial charge >= 0.3 is 6.03 Å². The van der Waals surface area contributed by atoms with Crippen molar-refractivity contribution in [1.29, 1.82) is 0 Å². The summed E-state index contributed by atoms with van der Waals surface area (Å²) in [5.41, 5.74) is 9.24. The first-order valence-electron chi connectivity index (χ1n) is 4.42. The predicted molar refractivity (Wildman–Crippen MR) is 52.8 cm³/mol. The van der Waals surface area contributed by atoms with Gasteiger partial charge in [-0.15, -0.1) is 0 Å². The van der Waals surface area contributed by atoms with E-state index in [1.54, 1.807) is 12.1 Å². The van der Waals surface area contributed by atoms with Crippen molar-refractivity contribution >= 4 is 11.9 Å². The first-order chi connectivity index (χ1) is 7.66. The normalized spacial score (nSPS) is 12.0. The highest BCUT2D eigenvalue weighted by Gasteiger charge is 2.16. The number of ether oxygens (including phenoxy) is 2. The van der Waals surface area contributed by atoms with E-state index in [-0.39, 0.29) is 6.79 Å². The monoisotopic (exact) mass is 223 g/mol. The lowest BCUT2D eigenvalue weighted by atomic mass is 10.2. The van der Waals surface area contributed by atoms with Gasteiger partial charge < -0.3 is 15.2 Å². The standard InChI is InChI=1S/C9H9N3O4/c10-9(14)12-11-8(13)5-1-2-6-7(3-5)16-4-15-6/h1-3H,4H2,(H,11,13)(H3,10,12,14).